The molecule has 1 aliphatic rings. The SMILES string of the molecule is Cc1cc(C)n(-c2cc(N3CCN(C(=O)c4ccc([N+](=O)[O-])o4)CC3)nc(C)n2)n1. The smallest absolute Gasteiger partial charge is 0.395 e. The molecule has 0 unspecified atom stereocenters. The number of carbonyl (C=O) groups is 1. The number of aryl methyl sites for hydroxylation is 3. The number of aromatic nitrogens is 4. The first-order valence-electron chi connectivity index (χ1n) is 9.49. The van der Waals surface area contributed by atoms with Crippen molar-refractivity contribution in [2.45, 2.75) is 20.8 Å². The molecule has 4 heterocycles. The Hall–Kier alpha value is -3.76. The quantitative estimate of drug-likeness (QED) is 0.472. The van der Waals surface area contributed by atoms with E-state index in [2.05, 4.69) is 20.0 Å². The number of hydrogen-bond acceptors (Lipinski definition) is 8. The Morgan fingerprint density at radius 1 is 1.07 bits per heavy atom. The van der Waals surface area contributed by atoms with Crippen molar-refractivity contribution in [2.75, 3.05) is 31.1 Å². The first kappa shape index (κ1) is 19.6. The van der Waals surface area contributed by atoms with Crippen molar-refractivity contribution in [3.05, 3.63) is 57.4 Å². The van der Waals surface area contributed by atoms with Gasteiger partial charge in [-0.2, -0.15) is 5.10 Å². The fourth-order valence-corrected chi connectivity index (χ4v) is 3.50. The Morgan fingerprint density at radius 2 is 1.77 bits per heavy atom. The highest BCUT2D eigenvalue weighted by Crippen LogP contribution is 2.21. The van der Waals surface area contributed by atoms with Crippen LogP contribution in [0.2, 0.25) is 0 Å². The number of furan rings is 1. The molecule has 0 bridgehead atoms. The predicted octanol–water partition coefficient (Wildman–Crippen LogP) is 2.05. The summed E-state index contributed by atoms with van der Waals surface area (Å²) in [4.78, 5) is 35.4. The van der Waals surface area contributed by atoms with Gasteiger partial charge in [-0.05, 0) is 32.9 Å². The van der Waals surface area contributed by atoms with Gasteiger partial charge in [-0.3, -0.25) is 14.9 Å². The molecular formula is C19H21N7O4. The average molecular weight is 411 g/mol. The molecule has 156 valence electrons. The molecule has 30 heavy (non-hydrogen) atoms. The van der Waals surface area contributed by atoms with E-state index >= 15 is 0 Å². The van der Waals surface area contributed by atoms with Crippen LogP contribution in [0.1, 0.15) is 27.8 Å². The molecule has 0 atom stereocenters. The summed E-state index contributed by atoms with van der Waals surface area (Å²) in [6, 6.07) is 6.40. The number of anilines is 1. The van der Waals surface area contributed by atoms with Crippen molar-refractivity contribution in [3.8, 4) is 5.82 Å². The number of hydrogen-bond donors (Lipinski definition) is 0. The van der Waals surface area contributed by atoms with Crippen LogP contribution in [0, 0.1) is 30.9 Å². The van der Waals surface area contributed by atoms with E-state index in [1.165, 1.54) is 12.1 Å². The summed E-state index contributed by atoms with van der Waals surface area (Å²) in [5, 5.41) is 15.2. The lowest BCUT2D eigenvalue weighted by molar-refractivity contribution is -0.402. The van der Waals surface area contributed by atoms with Crippen molar-refractivity contribution in [3.63, 3.8) is 0 Å². The number of rotatable bonds is 4. The Balaban J connectivity index is 1.48. The topological polar surface area (TPSA) is 123 Å². The summed E-state index contributed by atoms with van der Waals surface area (Å²) in [6.45, 7) is 7.78. The van der Waals surface area contributed by atoms with Crippen molar-refractivity contribution < 1.29 is 14.1 Å². The molecular weight excluding hydrogens is 390 g/mol. The van der Waals surface area contributed by atoms with E-state index in [0.717, 1.165) is 17.2 Å². The van der Waals surface area contributed by atoms with E-state index < -0.39 is 10.8 Å². The van der Waals surface area contributed by atoms with Gasteiger partial charge in [-0.1, -0.05) is 0 Å². The van der Waals surface area contributed by atoms with Crippen LogP contribution in [-0.2, 0) is 0 Å². The van der Waals surface area contributed by atoms with Crippen LogP contribution in [0.3, 0.4) is 0 Å². The summed E-state index contributed by atoms with van der Waals surface area (Å²) in [6.07, 6.45) is 0. The molecule has 0 N–H and O–H groups in total. The van der Waals surface area contributed by atoms with Crippen LogP contribution in [0.4, 0.5) is 11.7 Å². The van der Waals surface area contributed by atoms with Crippen molar-refractivity contribution >= 4 is 17.6 Å². The van der Waals surface area contributed by atoms with Gasteiger partial charge in [0.1, 0.15) is 16.6 Å². The standard InChI is InChI=1S/C19H21N7O4/c1-12-10-13(2)25(22-12)17-11-16(20-14(3)21-17)23-6-8-24(9-7-23)19(27)15-4-5-18(30-15)26(28)29/h4-5,10-11H,6-9H2,1-3H3. The van der Waals surface area contributed by atoms with E-state index in [-0.39, 0.29) is 11.7 Å². The van der Waals surface area contributed by atoms with Gasteiger partial charge in [-0.15, -0.1) is 0 Å². The molecule has 0 radical (unpaired) electrons. The van der Waals surface area contributed by atoms with Gasteiger partial charge in [0.25, 0.3) is 5.91 Å². The number of nitro groups is 1. The first-order valence-corrected chi connectivity index (χ1v) is 9.49. The zero-order valence-corrected chi connectivity index (χ0v) is 16.9. The molecule has 1 fully saturated rings. The maximum absolute atomic E-state index is 12.6. The highest BCUT2D eigenvalue weighted by molar-refractivity contribution is 5.92. The van der Waals surface area contributed by atoms with Crippen LogP contribution in [0.25, 0.3) is 5.82 Å². The molecule has 1 aliphatic heterocycles. The summed E-state index contributed by atoms with van der Waals surface area (Å²) in [5.41, 5.74) is 1.90. The Morgan fingerprint density at radius 3 is 2.37 bits per heavy atom. The van der Waals surface area contributed by atoms with E-state index in [9.17, 15) is 14.9 Å². The second-order valence-electron chi connectivity index (χ2n) is 7.14. The third-order valence-corrected chi connectivity index (χ3v) is 4.91. The van der Waals surface area contributed by atoms with Gasteiger partial charge in [0.2, 0.25) is 0 Å². The first-order chi connectivity index (χ1) is 14.3. The second-order valence-corrected chi connectivity index (χ2v) is 7.14. The monoisotopic (exact) mass is 411 g/mol. The largest absolute Gasteiger partial charge is 0.433 e. The van der Waals surface area contributed by atoms with Gasteiger partial charge < -0.3 is 14.2 Å². The fourth-order valence-electron chi connectivity index (χ4n) is 3.50. The summed E-state index contributed by atoms with van der Waals surface area (Å²) >= 11 is 0. The third kappa shape index (κ3) is 3.73. The molecule has 3 aromatic heterocycles. The molecule has 4 rings (SSSR count). The van der Waals surface area contributed by atoms with E-state index in [1.54, 1.807) is 9.58 Å². The highest BCUT2D eigenvalue weighted by atomic mass is 16.6. The summed E-state index contributed by atoms with van der Waals surface area (Å²) < 4.78 is 6.82. The van der Waals surface area contributed by atoms with Crippen molar-refractivity contribution in [1.82, 2.24) is 24.6 Å². The molecule has 0 aliphatic carbocycles. The van der Waals surface area contributed by atoms with E-state index in [0.29, 0.717) is 37.8 Å². The van der Waals surface area contributed by atoms with Gasteiger partial charge >= 0.3 is 5.88 Å². The zero-order chi connectivity index (χ0) is 21.4. The Labute approximate surface area is 172 Å². The average Bonchev–Trinajstić information content (AvgIpc) is 3.34. The van der Waals surface area contributed by atoms with Gasteiger partial charge in [0.15, 0.2) is 11.6 Å². The van der Waals surface area contributed by atoms with Gasteiger partial charge in [0.05, 0.1) is 11.8 Å². The summed E-state index contributed by atoms with van der Waals surface area (Å²) in [5.74, 6) is 1.28. The number of carbonyl (C=O) groups excluding carboxylic acids is 1. The maximum atomic E-state index is 12.6. The lowest BCUT2D eigenvalue weighted by atomic mass is 10.2. The minimum Gasteiger partial charge on any atom is -0.395 e. The third-order valence-electron chi connectivity index (χ3n) is 4.91. The maximum Gasteiger partial charge on any atom is 0.433 e. The van der Waals surface area contributed by atoms with Crippen molar-refractivity contribution in [2.24, 2.45) is 0 Å². The predicted molar refractivity (Wildman–Crippen MR) is 107 cm³/mol. The molecule has 0 aromatic carbocycles. The van der Waals surface area contributed by atoms with Crippen LogP contribution < -0.4 is 4.90 Å². The second kappa shape index (κ2) is 7.58. The van der Waals surface area contributed by atoms with Crippen LogP contribution in [-0.4, -0.2) is 61.7 Å². The normalized spacial score (nSPS) is 14.2. The molecule has 0 saturated carbocycles. The van der Waals surface area contributed by atoms with Crippen LogP contribution in [0.5, 0.6) is 0 Å². The molecule has 11 nitrogen and oxygen atoms in total. The molecule has 1 amide bonds. The highest BCUT2D eigenvalue weighted by Gasteiger charge is 2.27. The lowest BCUT2D eigenvalue weighted by Gasteiger charge is -2.35. The molecule has 1 saturated heterocycles. The fraction of sp³-hybridized carbons (Fsp3) is 0.368. The number of nitrogens with zero attached hydrogens (tertiary/aromatic N) is 7. The van der Waals surface area contributed by atoms with Crippen LogP contribution in [0.15, 0.2) is 28.7 Å². The van der Waals surface area contributed by atoms with E-state index in [1.807, 2.05) is 32.9 Å². The molecule has 3 aromatic rings. The zero-order valence-electron chi connectivity index (χ0n) is 16.9. The van der Waals surface area contributed by atoms with E-state index in [4.69, 9.17) is 4.42 Å². The Bertz CT molecular complexity index is 1110. The number of amides is 1. The number of piperazine rings is 1. The Kier molecular flexibility index (Phi) is 4.94. The minimum atomic E-state index is -0.660. The van der Waals surface area contributed by atoms with Crippen LogP contribution >= 0.6 is 0 Å². The molecule has 0 spiro atoms. The minimum absolute atomic E-state index is 0.0279. The lowest BCUT2D eigenvalue weighted by Crippen LogP contribution is -2.49. The summed E-state index contributed by atoms with van der Waals surface area (Å²) in [7, 11) is 0. The van der Waals surface area contributed by atoms with Crippen molar-refractivity contribution in [1.29, 1.82) is 0 Å². The molecule has 11 heteroatoms. The van der Waals surface area contributed by atoms with Gasteiger partial charge in [0, 0.05) is 37.9 Å². The van der Waals surface area contributed by atoms with Gasteiger partial charge in [-0.25, -0.2) is 14.6 Å².